The summed E-state index contributed by atoms with van der Waals surface area (Å²) in [6, 6.07) is 1.26. The van der Waals surface area contributed by atoms with Crippen LogP contribution in [0.1, 0.15) is 58.3 Å². The van der Waals surface area contributed by atoms with E-state index < -0.39 is 5.54 Å². The number of ether oxygens (including phenoxy) is 1. The van der Waals surface area contributed by atoms with Gasteiger partial charge in [-0.05, 0) is 57.9 Å². The highest BCUT2D eigenvalue weighted by atomic mass is 16.5. The van der Waals surface area contributed by atoms with Crippen molar-refractivity contribution in [3.8, 4) is 0 Å². The molecule has 0 radical (unpaired) electrons. The molecule has 0 aromatic rings. The molecule has 0 amide bonds. The Kier molecular flexibility index (Phi) is 4.04. The molecule has 0 aromatic carbocycles. The number of esters is 1. The third-order valence-corrected chi connectivity index (χ3v) is 5.73. The molecule has 4 nitrogen and oxygen atoms in total. The van der Waals surface area contributed by atoms with Gasteiger partial charge in [-0.1, -0.05) is 12.8 Å². The van der Waals surface area contributed by atoms with Crippen LogP contribution in [-0.4, -0.2) is 41.6 Å². The number of carbonyl (C=O) groups is 1. The van der Waals surface area contributed by atoms with Crippen LogP contribution >= 0.6 is 0 Å². The quantitative estimate of drug-likeness (QED) is 0.804. The van der Waals surface area contributed by atoms with Crippen molar-refractivity contribution < 1.29 is 9.53 Å². The lowest BCUT2D eigenvalue weighted by Crippen LogP contribution is -2.49. The van der Waals surface area contributed by atoms with Crippen LogP contribution in [0.3, 0.4) is 0 Å². The molecular weight excluding hydrogens is 252 g/mol. The predicted molar refractivity (Wildman–Crippen MR) is 78.3 cm³/mol. The minimum absolute atomic E-state index is 0.193. The Balaban J connectivity index is 1.63. The first-order valence-electron chi connectivity index (χ1n) is 8.36. The number of nitrogens with zero attached hydrogens (tertiary/aromatic N) is 1. The molecule has 4 atom stereocenters. The van der Waals surface area contributed by atoms with Gasteiger partial charge in [-0.15, -0.1) is 0 Å². The van der Waals surface area contributed by atoms with E-state index in [-0.39, 0.29) is 5.97 Å². The van der Waals surface area contributed by atoms with E-state index >= 15 is 0 Å². The third-order valence-electron chi connectivity index (χ3n) is 5.73. The van der Waals surface area contributed by atoms with Gasteiger partial charge in [0.05, 0.1) is 6.61 Å². The molecule has 0 bridgehead atoms. The molecule has 3 rings (SSSR count). The lowest BCUT2D eigenvalue weighted by Gasteiger charge is -2.36. The highest BCUT2D eigenvalue weighted by molar-refractivity contribution is 5.81. The summed E-state index contributed by atoms with van der Waals surface area (Å²) in [6.07, 6.45) is 9.49. The number of rotatable bonds is 3. The van der Waals surface area contributed by atoms with Crippen molar-refractivity contribution in [1.29, 1.82) is 0 Å². The molecule has 0 aromatic heterocycles. The largest absolute Gasteiger partial charge is 0.465 e. The molecule has 4 heteroatoms. The smallest absolute Gasteiger partial charge is 0.326 e. The number of hydrogen-bond acceptors (Lipinski definition) is 4. The van der Waals surface area contributed by atoms with Crippen molar-refractivity contribution in [3.63, 3.8) is 0 Å². The first-order chi connectivity index (χ1) is 9.64. The van der Waals surface area contributed by atoms with Crippen molar-refractivity contribution >= 4 is 5.97 Å². The normalized spacial score (nSPS) is 41.6. The van der Waals surface area contributed by atoms with E-state index in [4.69, 9.17) is 10.5 Å². The zero-order valence-corrected chi connectivity index (χ0v) is 12.6. The maximum Gasteiger partial charge on any atom is 0.326 e. The van der Waals surface area contributed by atoms with Gasteiger partial charge in [-0.25, -0.2) is 0 Å². The van der Waals surface area contributed by atoms with Gasteiger partial charge < -0.3 is 10.5 Å². The van der Waals surface area contributed by atoms with Crippen molar-refractivity contribution in [2.45, 2.75) is 75.9 Å². The first-order valence-corrected chi connectivity index (χ1v) is 8.36. The summed E-state index contributed by atoms with van der Waals surface area (Å²) in [5, 5.41) is 0. The molecule has 114 valence electrons. The minimum atomic E-state index is -0.729. The fraction of sp³-hybridized carbons (Fsp3) is 0.938. The molecular formula is C16H28N2O2. The maximum absolute atomic E-state index is 12.0. The van der Waals surface area contributed by atoms with Gasteiger partial charge in [0.15, 0.2) is 0 Å². The van der Waals surface area contributed by atoms with Gasteiger partial charge in [0, 0.05) is 12.1 Å². The van der Waals surface area contributed by atoms with Gasteiger partial charge in [0.1, 0.15) is 5.54 Å². The number of carbonyl (C=O) groups excluding carboxylic acids is 1. The van der Waals surface area contributed by atoms with Crippen LogP contribution in [-0.2, 0) is 9.53 Å². The summed E-state index contributed by atoms with van der Waals surface area (Å²) in [5.74, 6) is 0.709. The summed E-state index contributed by atoms with van der Waals surface area (Å²) >= 11 is 0. The van der Waals surface area contributed by atoms with E-state index in [1.54, 1.807) is 0 Å². The molecule has 2 aliphatic carbocycles. The maximum atomic E-state index is 12.0. The lowest BCUT2D eigenvalue weighted by atomic mass is 9.85. The van der Waals surface area contributed by atoms with Gasteiger partial charge in [-0.3, -0.25) is 9.69 Å². The van der Waals surface area contributed by atoms with Gasteiger partial charge >= 0.3 is 5.97 Å². The Bertz CT molecular complexity index is 373. The highest BCUT2D eigenvalue weighted by Crippen LogP contribution is 2.42. The number of likely N-dealkylation sites (tertiary alicyclic amines) is 1. The molecule has 3 fully saturated rings. The zero-order valence-electron chi connectivity index (χ0n) is 12.6. The number of hydrogen-bond donors (Lipinski definition) is 1. The Morgan fingerprint density at radius 3 is 2.90 bits per heavy atom. The average Bonchev–Trinajstić information content (AvgIpc) is 3.03. The van der Waals surface area contributed by atoms with E-state index in [9.17, 15) is 4.79 Å². The molecule has 0 spiro atoms. The topological polar surface area (TPSA) is 55.6 Å². The fourth-order valence-corrected chi connectivity index (χ4v) is 4.69. The molecule has 20 heavy (non-hydrogen) atoms. The van der Waals surface area contributed by atoms with Crippen molar-refractivity contribution in [1.82, 2.24) is 4.90 Å². The van der Waals surface area contributed by atoms with Crippen molar-refractivity contribution in [3.05, 3.63) is 0 Å². The van der Waals surface area contributed by atoms with Crippen molar-refractivity contribution in [2.75, 3.05) is 13.2 Å². The Hall–Kier alpha value is -0.610. The third kappa shape index (κ3) is 2.48. The summed E-state index contributed by atoms with van der Waals surface area (Å²) in [7, 11) is 0. The van der Waals surface area contributed by atoms with E-state index in [1.165, 1.54) is 38.6 Å². The van der Waals surface area contributed by atoms with Crippen LogP contribution < -0.4 is 5.73 Å². The fourth-order valence-electron chi connectivity index (χ4n) is 4.69. The predicted octanol–water partition coefficient (Wildman–Crippen LogP) is 2.06. The second-order valence-electron chi connectivity index (χ2n) is 6.91. The van der Waals surface area contributed by atoms with E-state index in [1.807, 2.05) is 6.92 Å². The van der Waals surface area contributed by atoms with Gasteiger partial charge in [-0.2, -0.15) is 0 Å². The lowest BCUT2D eigenvalue weighted by molar-refractivity contribution is -0.149. The molecule has 1 heterocycles. The van der Waals surface area contributed by atoms with E-state index in [2.05, 4.69) is 4.90 Å². The van der Waals surface area contributed by atoms with Crippen LogP contribution in [0, 0.1) is 5.92 Å². The SMILES string of the molecule is CCOC(=O)C1(N)CCC(N2CCC3CCCCC32)C1. The highest BCUT2D eigenvalue weighted by Gasteiger charge is 2.48. The Morgan fingerprint density at radius 2 is 2.10 bits per heavy atom. The van der Waals surface area contributed by atoms with Crippen LogP contribution in [0.2, 0.25) is 0 Å². The molecule has 1 aliphatic heterocycles. The van der Waals surface area contributed by atoms with Crippen molar-refractivity contribution in [2.24, 2.45) is 11.7 Å². The number of fused-ring (bicyclic) bond motifs is 1. The molecule has 2 saturated carbocycles. The van der Waals surface area contributed by atoms with Crippen LogP contribution in [0.15, 0.2) is 0 Å². The van der Waals surface area contributed by atoms with E-state index in [0.29, 0.717) is 12.6 Å². The first kappa shape index (κ1) is 14.3. The average molecular weight is 280 g/mol. The Labute approximate surface area is 122 Å². The summed E-state index contributed by atoms with van der Waals surface area (Å²) in [4.78, 5) is 14.7. The molecule has 4 unspecified atom stereocenters. The van der Waals surface area contributed by atoms with E-state index in [0.717, 1.165) is 31.2 Å². The molecule has 2 N–H and O–H groups in total. The number of nitrogens with two attached hydrogens (primary N) is 1. The monoisotopic (exact) mass is 280 g/mol. The van der Waals surface area contributed by atoms with Gasteiger partial charge in [0.25, 0.3) is 0 Å². The van der Waals surface area contributed by atoms with Gasteiger partial charge in [0.2, 0.25) is 0 Å². The van der Waals surface area contributed by atoms with Crippen LogP contribution in [0.5, 0.6) is 0 Å². The summed E-state index contributed by atoms with van der Waals surface area (Å²) in [6.45, 7) is 3.48. The second-order valence-corrected chi connectivity index (χ2v) is 6.91. The summed E-state index contributed by atoms with van der Waals surface area (Å²) in [5.41, 5.74) is 5.58. The summed E-state index contributed by atoms with van der Waals surface area (Å²) < 4.78 is 5.16. The zero-order chi connectivity index (χ0) is 14.2. The Morgan fingerprint density at radius 1 is 1.30 bits per heavy atom. The van der Waals surface area contributed by atoms with Crippen LogP contribution in [0.25, 0.3) is 0 Å². The second kappa shape index (κ2) is 5.64. The molecule has 1 saturated heterocycles. The molecule has 3 aliphatic rings. The standard InChI is InChI=1S/C16H28N2O2/c1-2-20-15(19)16(17)9-7-13(11-16)18-10-8-12-5-3-4-6-14(12)18/h12-14H,2-11,17H2,1H3. The van der Waals surface area contributed by atoms with Crippen LogP contribution in [0.4, 0.5) is 0 Å². The minimum Gasteiger partial charge on any atom is -0.465 e.